The van der Waals surface area contributed by atoms with Crippen molar-refractivity contribution in [2.75, 3.05) is 6.54 Å². The van der Waals surface area contributed by atoms with E-state index in [1.165, 1.54) is 17.8 Å². The number of fused-ring (bicyclic) bond motifs is 2. The van der Waals surface area contributed by atoms with Gasteiger partial charge in [-0.3, -0.25) is 9.89 Å². The summed E-state index contributed by atoms with van der Waals surface area (Å²) in [5, 5.41) is 10.5. The third kappa shape index (κ3) is 1.55. The summed E-state index contributed by atoms with van der Waals surface area (Å²) in [7, 11) is 0. The molecule has 22 heavy (non-hydrogen) atoms. The van der Waals surface area contributed by atoms with Gasteiger partial charge in [0.1, 0.15) is 10.5 Å². The molecule has 1 saturated heterocycles. The molecule has 2 aliphatic rings. The largest absolute Gasteiger partial charge is 0.308 e. The zero-order chi connectivity index (χ0) is 14.9. The number of hydrogen-bond donors (Lipinski definition) is 3. The van der Waals surface area contributed by atoms with Crippen LogP contribution in [-0.2, 0) is 5.54 Å². The van der Waals surface area contributed by atoms with E-state index < -0.39 is 0 Å². The van der Waals surface area contributed by atoms with E-state index in [1.54, 1.807) is 6.20 Å². The Morgan fingerprint density at radius 3 is 3.05 bits per heavy atom. The highest BCUT2D eigenvalue weighted by Crippen LogP contribution is 2.55. The van der Waals surface area contributed by atoms with Crippen LogP contribution in [0.3, 0.4) is 0 Å². The molecule has 0 bridgehead atoms. The Hall–Kier alpha value is -1.99. The molecular formula is C15H15N5OS. The van der Waals surface area contributed by atoms with Gasteiger partial charge in [-0.2, -0.15) is 5.10 Å². The van der Waals surface area contributed by atoms with Gasteiger partial charge >= 0.3 is 0 Å². The summed E-state index contributed by atoms with van der Waals surface area (Å²) < 4.78 is 0.686. The van der Waals surface area contributed by atoms with Gasteiger partial charge in [0.25, 0.3) is 5.56 Å². The molecule has 2 atom stereocenters. The number of piperidine rings is 1. The number of nitrogens with one attached hydrogen (secondary N) is 3. The zero-order valence-electron chi connectivity index (χ0n) is 12.1. The maximum absolute atomic E-state index is 12.4. The SMILES string of the molecule is Cc1[nH]ncc1-c1cc2nc([C@@]34C[C@H]3CCN4)[nH]c(=O)c2s1. The molecule has 3 aromatic rings. The molecule has 4 heterocycles. The van der Waals surface area contributed by atoms with Crippen LogP contribution in [0.4, 0.5) is 0 Å². The van der Waals surface area contributed by atoms with Gasteiger partial charge in [0.05, 0.1) is 17.3 Å². The topological polar surface area (TPSA) is 86.5 Å². The second-order valence-corrected chi connectivity index (χ2v) is 7.29. The molecule has 1 saturated carbocycles. The highest BCUT2D eigenvalue weighted by molar-refractivity contribution is 7.22. The average molecular weight is 313 g/mol. The van der Waals surface area contributed by atoms with Gasteiger partial charge in [-0.1, -0.05) is 0 Å². The summed E-state index contributed by atoms with van der Waals surface area (Å²) in [6, 6.07) is 2.00. The van der Waals surface area contributed by atoms with Crippen LogP contribution in [0.2, 0.25) is 0 Å². The first-order valence-electron chi connectivity index (χ1n) is 7.47. The molecule has 0 amide bonds. The van der Waals surface area contributed by atoms with Crippen molar-refractivity contribution in [3.05, 3.63) is 34.1 Å². The van der Waals surface area contributed by atoms with Crippen molar-refractivity contribution in [2.45, 2.75) is 25.3 Å². The van der Waals surface area contributed by atoms with Crippen LogP contribution in [0.25, 0.3) is 20.7 Å². The van der Waals surface area contributed by atoms with E-state index in [0.717, 1.165) is 40.4 Å². The first-order valence-corrected chi connectivity index (χ1v) is 8.29. The Morgan fingerprint density at radius 2 is 2.36 bits per heavy atom. The number of H-pyrrole nitrogens is 2. The van der Waals surface area contributed by atoms with Gasteiger partial charge in [0.2, 0.25) is 0 Å². The highest BCUT2D eigenvalue weighted by Gasteiger charge is 2.60. The van der Waals surface area contributed by atoms with Crippen molar-refractivity contribution in [1.82, 2.24) is 25.5 Å². The monoisotopic (exact) mass is 313 g/mol. The number of aromatic amines is 2. The van der Waals surface area contributed by atoms with E-state index in [0.29, 0.717) is 10.6 Å². The van der Waals surface area contributed by atoms with E-state index in [2.05, 4.69) is 20.5 Å². The summed E-state index contributed by atoms with van der Waals surface area (Å²) in [6.07, 6.45) is 4.05. The second kappa shape index (κ2) is 4.05. The number of thiophene rings is 1. The molecule has 112 valence electrons. The summed E-state index contributed by atoms with van der Waals surface area (Å²) in [6.45, 7) is 2.99. The molecular weight excluding hydrogens is 298 g/mol. The Balaban J connectivity index is 1.69. The van der Waals surface area contributed by atoms with Crippen molar-refractivity contribution in [2.24, 2.45) is 5.92 Å². The number of nitrogens with zero attached hydrogens (tertiary/aromatic N) is 2. The highest BCUT2D eigenvalue weighted by atomic mass is 32.1. The Morgan fingerprint density at radius 1 is 1.45 bits per heavy atom. The number of aryl methyl sites for hydroxylation is 1. The fraction of sp³-hybridized carbons (Fsp3) is 0.400. The molecule has 1 aliphatic carbocycles. The average Bonchev–Trinajstić information content (AvgIpc) is 2.92. The lowest BCUT2D eigenvalue weighted by Gasteiger charge is -2.12. The van der Waals surface area contributed by atoms with E-state index in [1.807, 2.05) is 13.0 Å². The fourth-order valence-electron chi connectivity index (χ4n) is 3.62. The minimum atomic E-state index is -0.0684. The summed E-state index contributed by atoms with van der Waals surface area (Å²) in [4.78, 5) is 21.2. The number of aromatic nitrogens is 4. The van der Waals surface area contributed by atoms with Crippen molar-refractivity contribution in [3.8, 4) is 10.4 Å². The third-order valence-electron chi connectivity index (χ3n) is 4.94. The standard InChI is InChI=1S/C15H15N5OS/c1-7-9(6-17-20-7)11-4-10-12(22-11)13(21)19-14(18-10)15-5-8(15)2-3-16-15/h4,6,8,16H,2-3,5H2,1H3,(H,17,20)(H,18,19,21)/t8-,15-/m1/s1. The van der Waals surface area contributed by atoms with E-state index >= 15 is 0 Å². The van der Waals surface area contributed by atoms with Crippen molar-refractivity contribution >= 4 is 21.6 Å². The van der Waals surface area contributed by atoms with Crippen LogP contribution in [0.5, 0.6) is 0 Å². The van der Waals surface area contributed by atoms with E-state index in [-0.39, 0.29) is 11.1 Å². The molecule has 0 aromatic carbocycles. The molecule has 0 unspecified atom stereocenters. The predicted molar refractivity (Wildman–Crippen MR) is 85.0 cm³/mol. The first-order chi connectivity index (χ1) is 10.7. The molecule has 3 aromatic heterocycles. The van der Waals surface area contributed by atoms with Gasteiger partial charge in [-0.15, -0.1) is 11.3 Å². The molecule has 5 rings (SSSR count). The molecule has 7 heteroatoms. The van der Waals surface area contributed by atoms with Crippen molar-refractivity contribution in [1.29, 1.82) is 0 Å². The number of hydrogen-bond acceptors (Lipinski definition) is 5. The van der Waals surface area contributed by atoms with E-state index in [4.69, 9.17) is 4.98 Å². The van der Waals surface area contributed by atoms with Gasteiger partial charge in [-0.25, -0.2) is 4.98 Å². The van der Waals surface area contributed by atoms with Crippen LogP contribution < -0.4 is 10.9 Å². The van der Waals surface area contributed by atoms with Gasteiger partial charge in [0.15, 0.2) is 0 Å². The molecule has 2 fully saturated rings. The molecule has 6 nitrogen and oxygen atoms in total. The second-order valence-electron chi connectivity index (χ2n) is 6.24. The minimum Gasteiger partial charge on any atom is -0.308 e. The van der Waals surface area contributed by atoms with Crippen LogP contribution in [0.1, 0.15) is 24.4 Å². The normalized spacial score (nSPS) is 26.5. The van der Waals surface area contributed by atoms with Gasteiger partial charge in [-0.05, 0) is 38.3 Å². The molecule has 0 spiro atoms. The lowest BCUT2D eigenvalue weighted by Crippen LogP contribution is -2.30. The first kappa shape index (κ1) is 12.5. The smallest absolute Gasteiger partial charge is 0.268 e. The van der Waals surface area contributed by atoms with Crippen LogP contribution >= 0.6 is 11.3 Å². The maximum atomic E-state index is 12.4. The fourth-order valence-corrected chi connectivity index (χ4v) is 4.68. The van der Waals surface area contributed by atoms with Crippen molar-refractivity contribution < 1.29 is 0 Å². The molecule has 3 N–H and O–H groups in total. The zero-order valence-corrected chi connectivity index (χ0v) is 12.9. The van der Waals surface area contributed by atoms with Crippen LogP contribution in [0.15, 0.2) is 17.1 Å². The molecule has 1 aliphatic heterocycles. The third-order valence-corrected chi connectivity index (χ3v) is 6.10. The Bertz CT molecular complexity index is 954. The van der Waals surface area contributed by atoms with Crippen LogP contribution in [-0.4, -0.2) is 26.7 Å². The minimum absolute atomic E-state index is 0.0360. The summed E-state index contributed by atoms with van der Waals surface area (Å²) >= 11 is 1.47. The van der Waals surface area contributed by atoms with E-state index in [9.17, 15) is 4.79 Å². The predicted octanol–water partition coefficient (Wildman–Crippen LogP) is 1.89. The van der Waals surface area contributed by atoms with Crippen molar-refractivity contribution in [3.63, 3.8) is 0 Å². The van der Waals surface area contributed by atoms with Gasteiger partial charge < -0.3 is 10.3 Å². The lowest BCUT2D eigenvalue weighted by molar-refractivity contribution is 0.544. The maximum Gasteiger partial charge on any atom is 0.268 e. The lowest BCUT2D eigenvalue weighted by atomic mass is 10.2. The summed E-state index contributed by atoms with van der Waals surface area (Å²) in [5.41, 5.74) is 2.71. The Kier molecular flexibility index (Phi) is 2.31. The van der Waals surface area contributed by atoms with Crippen LogP contribution in [0, 0.1) is 12.8 Å². The quantitative estimate of drug-likeness (QED) is 0.674. The molecule has 0 radical (unpaired) electrons. The summed E-state index contributed by atoms with van der Waals surface area (Å²) in [5.74, 6) is 1.43. The number of rotatable bonds is 2. The Labute approximate surface area is 130 Å². The van der Waals surface area contributed by atoms with Gasteiger partial charge in [0, 0.05) is 16.1 Å².